The van der Waals surface area contributed by atoms with Gasteiger partial charge in [-0.3, -0.25) is 4.79 Å². The van der Waals surface area contributed by atoms with Gasteiger partial charge in [-0.1, -0.05) is 23.2 Å². The van der Waals surface area contributed by atoms with Crippen molar-refractivity contribution < 1.29 is 40.2 Å². The molecule has 0 aliphatic carbocycles. The van der Waals surface area contributed by atoms with Crippen LogP contribution in [0.3, 0.4) is 0 Å². The molecule has 0 radical (unpaired) electrons. The average molecular weight is 517 g/mol. The average Bonchev–Trinajstić information content (AvgIpc) is 2.60. The second-order valence-electron chi connectivity index (χ2n) is 6.54. The Kier molecular flexibility index (Phi) is 7.08. The van der Waals surface area contributed by atoms with E-state index in [0.29, 0.717) is 6.42 Å². The molecule has 0 atom stereocenters. The van der Waals surface area contributed by atoms with E-state index >= 15 is 0 Å². The van der Waals surface area contributed by atoms with E-state index < -0.39 is 39.6 Å². The number of carbonyl (C=O) groups excluding carboxylic acids is 1. The first kappa shape index (κ1) is 24.4. The molecule has 1 amide bonds. The van der Waals surface area contributed by atoms with Crippen molar-refractivity contribution in [1.82, 2.24) is 9.03 Å². The van der Waals surface area contributed by atoms with Crippen LogP contribution in [0.5, 0.6) is 11.5 Å². The Hall–Kier alpha value is -2.28. The zero-order valence-corrected chi connectivity index (χ0v) is 18.2. The summed E-state index contributed by atoms with van der Waals surface area (Å²) in [6, 6.07) is 4.99. The van der Waals surface area contributed by atoms with Gasteiger partial charge < -0.3 is 9.47 Å². The number of rotatable bonds is 7. The predicted octanol–water partition coefficient (Wildman–Crippen LogP) is 4.29. The number of nitrogens with zero attached hydrogens (tertiary/aromatic N) is 1. The van der Waals surface area contributed by atoms with Crippen LogP contribution in [0.1, 0.15) is 22.3 Å². The molecule has 0 aromatic heterocycles. The van der Waals surface area contributed by atoms with Crippen LogP contribution in [0, 0.1) is 5.82 Å². The fourth-order valence-corrected chi connectivity index (χ4v) is 4.22. The molecule has 1 heterocycles. The molecule has 0 saturated carbocycles. The van der Waals surface area contributed by atoms with E-state index in [1.165, 1.54) is 0 Å². The molecule has 2 aromatic rings. The Labute approximate surface area is 190 Å². The molecule has 32 heavy (non-hydrogen) atoms. The van der Waals surface area contributed by atoms with Crippen molar-refractivity contribution in [1.29, 1.82) is 0 Å². The van der Waals surface area contributed by atoms with E-state index in [9.17, 15) is 30.8 Å². The number of halogens is 6. The lowest BCUT2D eigenvalue weighted by Crippen LogP contribution is -2.49. The van der Waals surface area contributed by atoms with Crippen LogP contribution in [-0.2, 0) is 16.8 Å². The van der Waals surface area contributed by atoms with Crippen LogP contribution < -0.4 is 14.2 Å². The topological polar surface area (TPSA) is 84.9 Å². The Morgan fingerprint density at radius 1 is 1.12 bits per heavy atom. The van der Waals surface area contributed by atoms with Crippen molar-refractivity contribution in [3.05, 3.63) is 57.3 Å². The van der Waals surface area contributed by atoms with Gasteiger partial charge in [0.15, 0.2) is 0 Å². The standard InChI is InChI=1S/C18H14Cl2F4N2O5S/c19-13-8-12(17(27)25-32(28,29)26-4-1-5-26)15(21)6-10(13)9-30-11-2-3-16(14(20)7-11)31-18(22,23)24/h2-3,6-8H,1,4-5,9H2,(H,25,27). The molecule has 0 unspecified atom stereocenters. The maximum atomic E-state index is 14.4. The first-order chi connectivity index (χ1) is 14.9. The van der Waals surface area contributed by atoms with Crippen molar-refractivity contribution in [2.75, 3.05) is 13.1 Å². The molecule has 7 nitrogen and oxygen atoms in total. The van der Waals surface area contributed by atoms with Gasteiger partial charge >= 0.3 is 16.6 Å². The fourth-order valence-electron chi connectivity index (χ4n) is 2.58. The van der Waals surface area contributed by atoms with Crippen LogP contribution in [0.15, 0.2) is 30.3 Å². The van der Waals surface area contributed by atoms with Gasteiger partial charge in [0.2, 0.25) is 0 Å². The van der Waals surface area contributed by atoms with Crippen molar-refractivity contribution in [2.24, 2.45) is 0 Å². The van der Waals surface area contributed by atoms with Crippen LogP contribution >= 0.6 is 23.2 Å². The van der Waals surface area contributed by atoms with E-state index in [4.69, 9.17) is 27.9 Å². The lowest BCUT2D eigenvalue weighted by molar-refractivity contribution is -0.274. The molecule has 1 N–H and O–H groups in total. The van der Waals surface area contributed by atoms with Gasteiger partial charge in [0, 0.05) is 29.7 Å². The third-order valence-corrected chi connectivity index (χ3v) is 6.42. The number of benzene rings is 2. The highest BCUT2D eigenvalue weighted by Crippen LogP contribution is 2.33. The van der Waals surface area contributed by atoms with Gasteiger partial charge in [0.1, 0.15) is 23.9 Å². The van der Waals surface area contributed by atoms with Gasteiger partial charge in [-0.25, -0.2) is 9.11 Å². The summed E-state index contributed by atoms with van der Waals surface area (Å²) < 4.78 is 87.1. The largest absolute Gasteiger partial charge is 0.573 e. The van der Waals surface area contributed by atoms with Crippen LogP contribution in [0.25, 0.3) is 0 Å². The molecule has 14 heteroatoms. The van der Waals surface area contributed by atoms with Crippen LogP contribution in [0.2, 0.25) is 10.0 Å². The molecule has 1 aliphatic heterocycles. The second-order valence-corrected chi connectivity index (χ2v) is 9.03. The van der Waals surface area contributed by atoms with E-state index in [2.05, 4.69) is 4.74 Å². The highest BCUT2D eigenvalue weighted by molar-refractivity contribution is 7.87. The van der Waals surface area contributed by atoms with Crippen LogP contribution in [0.4, 0.5) is 17.6 Å². The molecule has 1 saturated heterocycles. The van der Waals surface area contributed by atoms with E-state index in [1.807, 2.05) is 0 Å². The minimum atomic E-state index is -4.92. The molecule has 0 bridgehead atoms. The number of hydrogen-bond donors (Lipinski definition) is 1. The third-order valence-electron chi connectivity index (χ3n) is 4.28. The van der Waals surface area contributed by atoms with E-state index in [1.54, 1.807) is 4.72 Å². The molecule has 1 aliphatic rings. The first-order valence-electron chi connectivity index (χ1n) is 8.84. The zero-order valence-electron chi connectivity index (χ0n) is 15.9. The SMILES string of the molecule is O=C(NS(=O)(=O)N1CCC1)c1cc(Cl)c(COc2ccc(OC(F)(F)F)c(Cl)c2)cc1F. The number of hydrogen-bond acceptors (Lipinski definition) is 5. The maximum Gasteiger partial charge on any atom is 0.573 e. The fraction of sp³-hybridized carbons (Fsp3) is 0.278. The minimum Gasteiger partial charge on any atom is -0.489 e. The summed E-state index contributed by atoms with van der Waals surface area (Å²) in [4.78, 5) is 12.2. The zero-order chi connectivity index (χ0) is 23.7. The highest BCUT2D eigenvalue weighted by Gasteiger charge is 2.32. The van der Waals surface area contributed by atoms with Crippen molar-refractivity contribution >= 4 is 39.3 Å². The number of alkyl halides is 3. The Morgan fingerprint density at radius 2 is 1.81 bits per heavy atom. The number of amides is 1. The molecule has 1 fully saturated rings. The summed E-state index contributed by atoms with van der Waals surface area (Å²) in [5.74, 6) is -2.81. The summed E-state index contributed by atoms with van der Waals surface area (Å²) in [6.45, 7) is 0.199. The smallest absolute Gasteiger partial charge is 0.489 e. The van der Waals surface area contributed by atoms with Gasteiger partial charge in [-0.2, -0.15) is 12.7 Å². The summed E-state index contributed by atoms with van der Waals surface area (Å²) in [7, 11) is -4.07. The summed E-state index contributed by atoms with van der Waals surface area (Å²) in [6.07, 6.45) is -4.26. The minimum absolute atomic E-state index is 0.0449. The maximum absolute atomic E-state index is 14.4. The molecule has 2 aromatic carbocycles. The van der Waals surface area contributed by atoms with Crippen molar-refractivity contribution in [3.8, 4) is 11.5 Å². The van der Waals surface area contributed by atoms with Gasteiger partial charge in [0.25, 0.3) is 5.91 Å². The monoisotopic (exact) mass is 516 g/mol. The summed E-state index contributed by atoms with van der Waals surface area (Å²) in [5.41, 5.74) is -0.488. The van der Waals surface area contributed by atoms with E-state index in [0.717, 1.165) is 34.6 Å². The molecular formula is C18H14Cl2F4N2O5S. The predicted molar refractivity (Wildman–Crippen MR) is 106 cm³/mol. The second kappa shape index (κ2) is 9.30. The normalized spacial score (nSPS) is 14.6. The third kappa shape index (κ3) is 5.94. The Bertz CT molecular complexity index is 1140. The van der Waals surface area contributed by atoms with Crippen molar-refractivity contribution in [2.45, 2.75) is 19.4 Å². The molecular weight excluding hydrogens is 503 g/mol. The molecule has 3 rings (SSSR count). The molecule has 174 valence electrons. The summed E-state index contributed by atoms with van der Waals surface area (Å²) in [5, 5.41) is -0.464. The van der Waals surface area contributed by atoms with Gasteiger partial charge in [-0.05, 0) is 30.7 Å². The van der Waals surface area contributed by atoms with Crippen molar-refractivity contribution in [3.63, 3.8) is 0 Å². The summed E-state index contributed by atoms with van der Waals surface area (Å²) >= 11 is 11.8. The first-order valence-corrected chi connectivity index (χ1v) is 11.0. The quantitative estimate of drug-likeness (QED) is 0.555. The molecule has 0 spiro atoms. The lowest BCUT2D eigenvalue weighted by Gasteiger charge is -2.29. The Balaban J connectivity index is 1.69. The highest BCUT2D eigenvalue weighted by atomic mass is 35.5. The van der Waals surface area contributed by atoms with E-state index in [-0.39, 0.29) is 41.1 Å². The number of nitrogens with one attached hydrogen (secondary N) is 1. The Morgan fingerprint density at radius 3 is 2.38 bits per heavy atom. The van der Waals surface area contributed by atoms with Gasteiger partial charge in [0.05, 0.1) is 10.6 Å². The van der Waals surface area contributed by atoms with Gasteiger partial charge in [-0.15, -0.1) is 13.2 Å². The number of carbonyl (C=O) groups is 1. The van der Waals surface area contributed by atoms with Crippen LogP contribution in [-0.4, -0.2) is 38.1 Å². The lowest BCUT2D eigenvalue weighted by atomic mass is 10.1. The number of ether oxygens (including phenoxy) is 2.